The Labute approximate surface area is 107 Å². The SMILES string of the molecule is COc1ccc(/C=C(\O)C(=O)OCC(F)(F)F)cc1. The second-order valence-electron chi connectivity index (χ2n) is 3.49. The summed E-state index contributed by atoms with van der Waals surface area (Å²) in [6, 6.07) is 6.18. The van der Waals surface area contributed by atoms with Crippen LogP contribution in [0.1, 0.15) is 5.56 Å². The number of hydrogen-bond donors (Lipinski definition) is 1. The molecule has 19 heavy (non-hydrogen) atoms. The zero-order valence-electron chi connectivity index (χ0n) is 9.90. The van der Waals surface area contributed by atoms with Crippen LogP contribution in [0.15, 0.2) is 30.0 Å². The lowest BCUT2D eigenvalue weighted by Gasteiger charge is -2.07. The topological polar surface area (TPSA) is 55.8 Å². The number of methoxy groups -OCH3 is 1. The number of halogens is 3. The van der Waals surface area contributed by atoms with E-state index in [2.05, 4.69) is 4.74 Å². The summed E-state index contributed by atoms with van der Waals surface area (Å²) in [6.07, 6.45) is -3.63. The number of rotatable bonds is 4. The molecule has 4 nitrogen and oxygen atoms in total. The van der Waals surface area contributed by atoms with Crippen molar-refractivity contribution in [1.82, 2.24) is 0 Å². The average molecular weight is 276 g/mol. The lowest BCUT2D eigenvalue weighted by atomic mass is 10.2. The fourth-order valence-electron chi connectivity index (χ4n) is 1.14. The number of aliphatic hydroxyl groups excluding tert-OH is 1. The molecule has 0 heterocycles. The molecule has 7 heteroatoms. The molecule has 0 aliphatic heterocycles. The summed E-state index contributed by atoms with van der Waals surface area (Å²) in [5, 5.41) is 9.28. The quantitative estimate of drug-likeness (QED) is 0.522. The van der Waals surface area contributed by atoms with Crippen molar-refractivity contribution in [1.29, 1.82) is 0 Å². The van der Waals surface area contributed by atoms with E-state index >= 15 is 0 Å². The van der Waals surface area contributed by atoms with Gasteiger partial charge in [-0.25, -0.2) is 4.79 Å². The smallest absolute Gasteiger partial charge is 0.422 e. The largest absolute Gasteiger partial charge is 0.502 e. The molecule has 0 bridgehead atoms. The third-order valence-corrected chi connectivity index (χ3v) is 2.00. The van der Waals surface area contributed by atoms with Gasteiger partial charge in [0.15, 0.2) is 6.61 Å². The van der Waals surface area contributed by atoms with Crippen molar-refractivity contribution in [2.45, 2.75) is 6.18 Å². The van der Waals surface area contributed by atoms with Crippen molar-refractivity contribution >= 4 is 12.0 Å². The van der Waals surface area contributed by atoms with Crippen molar-refractivity contribution in [2.24, 2.45) is 0 Å². The van der Waals surface area contributed by atoms with Crippen molar-refractivity contribution in [3.05, 3.63) is 35.6 Å². The molecule has 0 amide bonds. The summed E-state index contributed by atoms with van der Waals surface area (Å²) in [5.41, 5.74) is 0.419. The van der Waals surface area contributed by atoms with Crippen LogP contribution in [0.4, 0.5) is 13.2 Å². The molecular weight excluding hydrogens is 265 g/mol. The number of carbonyl (C=O) groups excluding carboxylic acids is 1. The van der Waals surface area contributed by atoms with Crippen LogP contribution in [0, 0.1) is 0 Å². The van der Waals surface area contributed by atoms with Crippen molar-refractivity contribution < 1.29 is 32.5 Å². The molecule has 0 aromatic heterocycles. The van der Waals surface area contributed by atoms with E-state index in [0.717, 1.165) is 6.08 Å². The molecule has 0 unspecified atom stereocenters. The number of ether oxygens (including phenoxy) is 2. The zero-order valence-corrected chi connectivity index (χ0v) is 9.90. The van der Waals surface area contributed by atoms with Gasteiger partial charge in [-0.15, -0.1) is 0 Å². The predicted octanol–water partition coefficient (Wildman–Crippen LogP) is 2.70. The Morgan fingerprint density at radius 1 is 1.32 bits per heavy atom. The van der Waals surface area contributed by atoms with Crippen LogP contribution in [0.3, 0.4) is 0 Å². The van der Waals surface area contributed by atoms with Crippen LogP contribution in [-0.4, -0.2) is 31.0 Å². The molecule has 1 rings (SSSR count). The second-order valence-corrected chi connectivity index (χ2v) is 3.49. The van der Waals surface area contributed by atoms with Gasteiger partial charge in [-0.2, -0.15) is 13.2 Å². The Morgan fingerprint density at radius 2 is 1.89 bits per heavy atom. The number of esters is 1. The van der Waals surface area contributed by atoms with E-state index in [-0.39, 0.29) is 0 Å². The summed E-state index contributed by atoms with van der Waals surface area (Å²) in [5.74, 6) is -1.78. The molecule has 0 saturated heterocycles. The maximum Gasteiger partial charge on any atom is 0.422 e. The molecule has 0 radical (unpaired) electrons. The lowest BCUT2D eigenvalue weighted by Crippen LogP contribution is -2.21. The van der Waals surface area contributed by atoms with Gasteiger partial charge in [-0.1, -0.05) is 12.1 Å². The molecule has 0 atom stereocenters. The van der Waals surface area contributed by atoms with Gasteiger partial charge in [0.2, 0.25) is 5.76 Å². The average Bonchev–Trinajstić information content (AvgIpc) is 2.36. The minimum Gasteiger partial charge on any atom is -0.502 e. The Morgan fingerprint density at radius 3 is 2.37 bits per heavy atom. The van der Waals surface area contributed by atoms with E-state index in [9.17, 15) is 23.1 Å². The third kappa shape index (κ3) is 5.33. The second kappa shape index (κ2) is 6.12. The maximum atomic E-state index is 11.8. The van der Waals surface area contributed by atoms with Crippen LogP contribution in [0.5, 0.6) is 5.75 Å². The molecule has 1 aromatic rings. The van der Waals surface area contributed by atoms with Gasteiger partial charge in [0, 0.05) is 0 Å². The fourth-order valence-corrected chi connectivity index (χ4v) is 1.14. The predicted molar refractivity (Wildman–Crippen MR) is 60.6 cm³/mol. The van der Waals surface area contributed by atoms with Gasteiger partial charge in [-0.3, -0.25) is 0 Å². The monoisotopic (exact) mass is 276 g/mol. The summed E-state index contributed by atoms with van der Waals surface area (Å²) in [6.45, 7) is -1.74. The molecule has 0 fully saturated rings. The first kappa shape index (κ1) is 14.9. The van der Waals surface area contributed by atoms with Gasteiger partial charge >= 0.3 is 12.1 Å². The highest BCUT2D eigenvalue weighted by molar-refractivity contribution is 5.90. The van der Waals surface area contributed by atoms with Gasteiger partial charge in [0.05, 0.1) is 7.11 Å². The van der Waals surface area contributed by atoms with Crippen molar-refractivity contribution in [3.63, 3.8) is 0 Å². The van der Waals surface area contributed by atoms with Gasteiger partial charge in [-0.05, 0) is 23.8 Å². The molecule has 0 aliphatic carbocycles. The van der Waals surface area contributed by atoms with E-state index in [1.54, 1.807) is 12.1 Å². The normalized spacial score (nSPS) is 12.1. The summed E-state index contributed by atoms with van der Waals surface area (Å²) >= 11 is 0. The van der Waals surface area contributed by atoms with Crippen molar-refractivity contribution in [3.8, 4) is 5.75 Å². The first-order valence-electron chi connectivity index (χ1n) is 5.10. The lowest BCUT2D eigenvalue weighted by molar-refractivity contribution is -0.184. The van der Waals surface area contributed by atoms with Crippen molar-refractivity contribution in [2.75, 3.05) is 13.7 Å². The molecule has 0 aliphatic rings. The standard InChI is InChI=1S/C12H11F3O4/c1-18-9-4-2-8(3-5-9)6-10(16)11(17)19-7-12(13,14)15/h2-6,16H,7H2,1H3/b10-6-. The number of hydrogen-bond acceptors (Lipinski definition) is 4. The van der Waals surface area contributed by atoms with Gasteiger partial charge < -0.3 is 14.6 Å². The van der Waals surface area contributed by atoms with Crippen LogP contribution in [0.25, 0.3) is 6.08 Å². The maximum absolute atomic E-state index is 11.8. The Hall–Kier alpha value is -2.18. The number of aliphatic hydroxyl groups is 1. The molecule has 104 valence electrons. The number of benzene rings is 1. The highest BCUT2D eigenvalue weighted by Gasteiger charge is 2.30. The van der Waals surface area contributed by atoms with Crippen LogP contribution in [0.2, 0.25) is 0 Å². The molecule has 0 spiro atoms. The summed E-state index contributed by atoms with van der Waals surface area (Å²) in [4.78, 5) is 11.1. The zero-order chi connectivity index (χ0) is 14.5. The minimum absolute atomic E-state index is 0.419. The molecular formula is C12H11F3O4. The minimum atomic E-state index is -4.63. The summed E-state index contributed by atoms with van der Waals surface area (Å²) < 4.78 is 44.2. The Balaban J connectivity index is 2.67. The molecule has 1 N–H and O–H groups in total. The van der Waals surface area contributed by atoms with Crippen LogP contribution >= 0.6 is 0 Å². The van der Waals surface area contributed by atoms with E-state index in [0.29, 0.717) is 11.3 Å². The van der Waals surface area contributed by atoms with Gasteiger partial charge in [0.25, 0.3) is 0 Å². The fraction of sp³-hybridized carbons (Fsp3) is 0.250. The first-order valence-corrected chi connectivity index (χ1v) is 5.10. The highest BCUT2D eigenvalue weighted by Crippen LogP contribution is 2.16. The molecule has 0 saturated carbocycles. The van der Waals surface area contributed by atoms with Crippen LogP contribution in [-0.2, 0) is 9.53 Å². The van der Waals surface area contributed by atoms with E-state index in [4.69, 9.17) is 4.74 Å². The Kier molecular flexibility index (Phi) is 4.80. The van der Waals surface area contributed by atoms with Crippen LogP contribution < -0.4 is 4.74 Å². The van der Waals surface area contributed by atoms with E-state index < -0.39 is 24.5 Å². The van der Waals surface area contributed by atoms with Gasteiger partial charge in [0.1, 0.15) is 5.75 Å². The number of carbonyl (C=O) groups is 1. The number of alkyl halides is 3. The third-order valence-electron chi connectivity index (χ3n) is 2.00. The van der Waals surface area contributed by atoms with E-state index in [1.165, 1.54) is 19.2 Å². The first-order chi connectivity index (χ1) is 8.81. The molecule has 1 aromatic carbocycles. The highest BCUT2D eigenvalue weighted by atomic mass is 19.4. The summed E-state index contributed by atoms with van der Waals surface area (Å²) in [7, 11) is 1.47. The van der Waals surface area contributed by atoms with E-state index in [1.807, 2.05) is 0 Å². The Bertz CT molecular complexity index is 463.